The van der Waals surface area contributed by atoms with Crippen molar-refractivity contribution >= 4 is 19.3 Å². The van der Waals surface area contributed by atoms with Gasteiger partial charge in [0, 0.05) is 5.30 Å². The number of benzene rings is 2. The summed E-state index contributed by atoms with van der Waals surface area (Å²) in [6.07, 6.45) is 0. The Bertz CT molecular complexity index is 563. The topological polar surface area (TPSA) is 63.6 Å². The third-order valence-corrected chi connectivity index (χ3v) is 3.55. The van der Waals surface area contributed by atoms with Crippen LogP contribution in [0.5, 0.6) is 5.75 Å². The Morgan fingerprint density at radius 2 is 1.61 bits per heavy atom. The monoisotopic (exact) mass is 262 g/mol. The van der Waals surface area contributed by atoms with Gasteiger partial charge in [0.25, 0.3) is 8.03 Å². The van der Waals surface area contributed by atoms with Gasteiger partial charge in [-0.2, -0.15) is 0 Å². The van der Waals surface area contributed by atoms with E-state index in [0.717, 1.165) is 0 Å². The number of hydrogen-bond acceptors (Lipinski definition) is 3. The Morgan fingerprint density at radius 3 is 2.17 bits per heavy atom. The van der Waals surface area contributed by atoms with Crippen LogP contribution in [-0.2, 0) is 4.57 Å². The summed E-state index contributed by atoms with van der Waals surface area (Å²) < 4.78 is 17.2. The van der Waals surface area contributed by atoms with E-state index in [-0.39, 0.29) is 5.56 Å². The maximum Gasteiger partial charge on any atom is 0.335 e. The molecule has 2 rings (SSSR count). The van der Waals surface area contributed by atoms with Crippen molar-refractivity contribution in [3.05, 3.63) is 60.2 Å². The second-order valence-electron chi connectivity index (χ2n) is 3.59. The molecule has 1 atom stereocenters. The zero-order valence-electron chi connectivity index (χ0n) is 9.37. The van der Waals surface area contributed by atoms with Gasteiger partial charge >= 0.3 is 5.97 Å². The average Bonchev–Trinajstić information content (AvgIpc) is 2.40. The zero-order valence-corrected chi connectivity index (χ0v) is 10.4. The van der Waals surface area contributed by atoms with Gasteiger partial charge in [-0.05, 0) is 36.4 Å². The van der Waals surface area contributed by atoms with Gasteiger partial charge in [-0.1, -0.05) is 18.2 Å². The quantitative estimate of drug-likeness (QED) is 0.860. The highest BCUT2D eigenvalue weighted by atomic mass is 31.1. The zero-order chi connectivity index (χ0) is 13.0. The maximum atomic E-state index is 11.9. The van der Waals surface area contributed by atoms with Crippen molar-refractivity contribution in [2.24, 2.45) is 0 Å². The highest BCUT2D eigenvalue weighted by Crippen LogP contribution is 2.26. The molecule has 1 N–H and O–H groups in total. The molecule has 0 fully saturated rings. The second kappa shape index (κ2) is 5.52. The first-order chi connectivity index (χ1) is 8.66. The van der Waals surface area contributed by atoms with Crippen LogP contribution in [0, 0.1) is 0 Å². The largest absolute Gasteiger partial charge is 0.478 e. The Morgan fingerprint density at radius 1 is 1.00 bits per heavy atom. The van der Waals surface area contributed by atoms with Gasteiger partial charge in [-0.25, -0.2) is 4.79 Å². The molecule has 0 aliphatic heterocycles. The summed E-state index contributed by atoms with van der Waals surface area (Å²) >= 11 is 0. The molecule has 0 heterocycles. The lowest BCUT2D eigenvalue weighted by atomic mass is 10.2. The fraction of sp³-hybridized carbons (Fsp3) is 0. The van der Waals surface area contributed by atoms with E-state index >= 15 is 0 Å². The average molecular weight is 262 g/mol. The minimum absolute atomic E-state index is 0.168. The fourth-order valence-corrected chi connectivity index (χ4v) is 2.34. The van der Waals surface area contributed by atoms with Crippen LogP contribution in [0.25, 0.3) is 0 Å². The van der Waals surface area contributed by atoms with Crippen molar-refractivity contribution in [2.75, 3.05) is 0 Å². The molecule has 0 bridgehead atoms. The molecule has 0 aromatic heterocycles. The molecule has 2 aromatic rings. The van der Waals surface area contributed by atoms with E-state index in [0.29, 0.717) is 11.1 Å². The van der Waals surface area contributed by atoms with E-state index < -0.39 is 14.0 Å². The van der Waals surface area contributed by atoms with Crippen LogP contribution in [-0.4, -0.2) is 11.1 Å². The first kappa shape index (κ1) is 12.4. The molecule has 0 spiro atoms. The van der Waals surface area contributed by atoms with Crippen LogP contribution in [0.1, 0.15) is 10.4 Å². The lowest BCUT2D eigenvalue weighted by Gasteiger charge is -2.06. The van der Waals surface area contributed by atoms with Gasteiger partial charge in [0.15, 0.2) is 0 Å². The molecule has 4 nitrogen and oxygen atoms in total. The number of hydrogen-bond donors (Lipinski definition) is 1. The maximum absolute atomic E-state index is 11.9. The van der Waals surface area contributed by atoms with Gasteiger partial charge in [-0.3, -0.25) is 4.57 Å². The molecule has 0 aliphatic carbocycles. The molecule has 92 valence electrons. The lowest BCUT2D eigenvalue weighted by molar-refractivity contribution is 0.0697. The number of rotatable bonds is 4. The Labute approximate surface area is 105 Å². The normalized spacial score (nSPS) is 11.8. The second-order valence-corrected chi connectivity index (χ2v) is 4.94. The Balaban J connectivity index is 2.10. The van der Waals surface area contributed by atoms with E-state index in [1.54, 1.807) is 24.3 Å². The molecule has 0 aliphatic rings. The third-order valence-electron chi connectivity index (χ3n) is 2.32. The molecule has 1 unspecified atom stereocenters. The van der Waals surface area contributed by atoms with Gasteiger partial charge in [0.2, 0.25) is 0 Å². The predicted octanol–water partition coefficient (Wildman–Crippen LogP) is 2.56. The fourth-order valence-electron chi connectivity index (χ4n) is 1.41. The minimum Gasteiger partial charge on any atom is -0.478 e. The number of aromatic carboxylic acids is 1. The summed E-state index contributed by atoms with van der Waals surface area (Å²) in [5.41, 5.74) is 0.168. The van der Waals surface area contributed by atoms with Gasteiger partial charge in [0.05, 0.1) is 5.56 Å². The standard InChI is InChI=1S/C13H11O4P/c14-13(15)10-6-8-11(9-7-10)17-18(16)12-4-2-1-3-5-12/h1-9,18H,(H,14,15). The van der Waals surface area contributed by atoms with E-state index in [1.165, 1.54) is 24.3 Å². The molecule has 2 aromatic carbocycles. The van der Waals surface area contributed by atoms with Crippen LogP contribution in [0.4, 0.5) is 0 Å². The summed E-state index contributed by atoms with van der Waals surface area (Å²) in [6.45, 7) is 0. The van der Waals surface area contributed by atoms with Crippen molar-refractivity contribution in [1.82, 2.24) is 0 Å². The molecule has 18 heavy (non-hydrogen) atoms. The molecule has 0 radical (unpaired) electrons. The summed E-state index contributed by atoms with van der Waals surface area (Å²) in [5, 5.41) is 9.37. The van der Waals surface area contributed by atoms with E-state index in [4.69, 9.17) is 9.63 Å². The van der Waals surface area contributed by atoms with Crippen molar-refractivity contribution in [3.8, 4) is 5.75 Å². The smallest absolute Gasteiger partial charge is 0.335 e. The van der Waals surface area contributed by atoms with Crippen molar-refractivity contribution in [2.45, 2.75) is 0 Å². The Hall–Kier alpha value is -2.06. The molecular formula is C13H11O4P. The van der Waals surface area contributed by atoms with Crippen molar-refractivity contribution < 1.29 is 19.0 Å². The third kappa shape index (κ3) is 2.99. The van der Waals surface area contributed by atoms with Crippen LogP contribution >= 0.6 is 8.03 Å². The Kier molecular flexibility index (Phi) is 3.80. The summed E-state index contributed by atoms with van der Waals surface area (Å²) in [6, 6.07) is 14.7. The summed E-state index contributed by atoms with van der Waals surface area (Å²) in [4.78, 5) is 10.7. The highest BCUT2D eigenvalue weighted by molar-refractivity contribution is 7.48. The SMILES string of the molecule is O=C(O)c1ccc(O[PH](=O)c2ccccc2)cc1. The number of carbonyl (C=O) groups is 1. The van der Waals surface area contributed by atoms with E-state index in [1.807, 2.05) is 6.07 Å². The van der Waals surface area contributed by atoms with Gasteiger partial charge in [-0.15, -0.1) is 0 Å². The predicted molar refractivity (Wildman–Crippen MR) is 69.1 cm³/mol. The lowest BCUT2D eigenvalue weighted by Crippen LogP contribution is -1.99. The van der Waals surface area contributed by atoms with Gasteiger partial charge < -0.3 is 9.63 Å². The number of carboxylic acids is 1. The van der Waals surface area contributed by atoms with Crippen molar-refractivity contribution in [1.29, 1.82) is 0 Å². The highest BCUT2D eigenvalue weighted by Gasteiger charge is 2.06. The van der Waals surface area contributed by atoms with Crippen LogP contribution in [0.3, 0.4) is 0 Å². The van der Waals surface area contributed by atoms with Crippen LogP contribution < -0.4 is 9.83 Å². The molecule has 5 heteroatoms. The molecular weight excluding hydrogens is 251 g/mol. The van der Waals surface area contributed by atoms with Crippen LogP contribution in [0.2, 0.25) is 0 Å². The van der Waals surface area contributed by atoms with E-state index in [9.17, 15) is 9.36 Å². The first-order valence-corrected chi connectivity index (χ1v) is 6.59. The summed E-state index contributed by atoms with van der Waals surface area (Å²) in [7, 11) is -2.35. The summed E-state index contributed by atoms with van der Waals surface area (Å²) in [5.74, 6) is -0.606. The molecule has 0 amide bonds. The first-order valence-electron chi connectivity index (χ1n) is 5.27. The van der Waals surface area contributed by atoms with Crippen LogP contribution in [0.15, 0.2) is 54.6 Å². The molecule has 0 saturated carbocycles. The van der Waals surface area contributed by atoms with Crippen molar-refractivity contribution in [3.63, 3.8) is 0 Å². The molecule has 0 saturated heterocycles. The minimum atomic E-state index is -2.35. The van der Waals surface area contributed by atoms with Gasteiger partial charge in [0.1, 0.15) is 5.75 Å². The number of carboxylic acid groups (broad SMARTS) is 1. The van der Waals surface area contributed by atoms with E-state index in [2.05, 4.69) is 0 Å².